The van der Waals surface area contributed by atoms with Gasteiger partial charge in [0, 0.05) is 17.6 Å². The van der Waals surface area contributed by atoms with Gasteiger partial charge in [-0.25, -0.2) is 8.42 Å². The van der Waals surface area contributed by atoms with Crippen LogP contribution >= 0.6 is 11.6 Å². The van der Waals surface area contributed by atoms with Crippen LogP contribution in [0.15, 0.2) is 89.8 Å². The predicted molar refractivity (Wildman–Crippen MR) is 156 cm³/mol. The summed E-state index contributed by atoms with van der Waals surface area (Å²) < 4.78 is 28.6. The normalized spacial score (nSPS) is 12.8. The fraction of sp³-hybridized carbons (Fsp3) is 0.333. The second kappa shape index (κ2) is 14.1. The Balaban J connectivity index is 1.99. The molecule has 0 saturated carbocycles. The molecule has 0 aliphatic heterocycles. The van der Waals surface area contributed by atoms with Crippen LogP contribution in [-0.4, -0.2) is 50.3 Å². The van der Waals surface area contributed by atoms with E-state index < -0.39 is 28.5 Å². The summed E-state index contributed by atoms with van der Waals surface area (Å²) in [5.74, 6) is -0.731. The van der Waals surface area contributed by atoms with Gasteiger partial charge in [-0.3, -0.25) is 13.9 Å². The van der Waals surface area contributed by atoms with Crippen molar-refractivity contribution in [2.45, 2.75) is 57.0 Å². The number of rotatable bonds is 13. The zero-order valence-electron chi connectivity index (χ0n) is 22.6. The molecule has 39 heavy (non-hydrogen) atoms. The fourth-order valence-electron chi connectivity index (χ4n) is 4.22. The maximum Gasteiger partial charge on any atom is 0.264 e. The van der Waals surface area contributed by atoms with Gasteiger partial charge in [-0.2, -0.15) is 0 Å². The third kappa shape index (κ3) is 8.07. The molecule has 0 fully saturated rings. The van der Waals surface area contributed by atoms with Crippen LogP contribution in [0.25, 0.3) is 0 Å². The molecule has 0 aliphatic rings. The summed E-state index contributed by atoms with van der Waals surface area (Å²) in [7, 11) is -4.12. The van der Waals surface area contributed by atoms with Gasteiger partial charge in [0.15, 0.2) is 0 Å². The third-order valence-corrected chi connectivity index (χ3v) is 8.60. The molecule has 0 aliphatic carbocycles. The highest BCUT2D eigenvalue weighted by Crippen LogP contribution is 2.26. The van der Waals surface area contributed by atoms with Crippen LogP contribution in [0.1, 0.15) is 39.2 Å². The second-order valence-corrected chi connectivity index (χ2v) is 11.7. The maximum absolute atomic E-state index is 14.0. The summed E-state index contributed by atoms with van der Waals surface area (Å²) in [5, 5.41) is 3.32. The highest BCUT2D eigenvalue weighted by Gasteiger charge is 2.33. The van der Waals surface area contributed by atoms with Crippen molar-refractivity contribution in [3.05, 3.63) is 95.5 Å². The summed E-state index contributed by atoms with van der Waals surface area (Å²) >= 11 is 6.21. The average molecular weight is 570 g/mol. The van der Waals surface area contributed by atoms with Gasteiger partial charge in [-0.15, -0.1) is 0 Å². The molecule has 2 amide bonds. The number of carbonyl (C=O) groups is 2. The van der Waals surface area contributed by atoms with Crippen LogP contribution < -0.4 is 9.62 Å². The molecule has 0 bridgehead atoms. The minimum atomic E-state index is -4.12. The molecule has 3 aromatic rings. The van der Waals surface area contributed by atoms with Crippen LogP contribution in [-0.2, 0) is 26.0 Å². The van der Waals surface area contributed by atoms with Gasteiger partial charge in [0.25, 0.3) is 10.0 Å². The molecule has 208 valence electrons. The first kappa shape index (κ1) is 30.2. The first-order valence-corrected chi connectivity index (χ1v) is 15.0. The lowest BCUT2D eigenvalue weighted by Crippen LogP contribution is -2.54. The SMILES string of the molecule is CC[C@H](C)NC(=O)[C@H](CC)N(CCc1ccccc1)C(=O)CN(c1cccc(Cl)c1)S(=O)(=O)c1ccccc1. The van der Waals surface area contributed by atoms with Gasteiger partial charge in [-0.1, -0.05) is 80.0 Å². The number of amides is 2. The Morgan fingerprint density at radius 3 is 2.13 bits per heavy atom. The molecule has 0 aromatic heterocycles. The van der Waals surface area contributed by atoms with Crippen LogP contribution in [0, 0.1) is 0 Å². The van der Waals surface area contributed by atoms with Crippen molar-refractivity contribution in [1.82, 2.24) is 10.2 Å². The van der Waals surface area contributed by atoms with Gasteiger partial charge < -0.3 is 10.2 Å². The highest BCUT2D eigenvalue weighted by molar-refractivity contribution is 7.92. The first-order chi connectivity index (χ1) is 18.7. The molecule has 0 spiro atoms. The number of hydrogen-bond donors (Lipinski definition) is 1. The van der Waals surface area contributed by atoms with Crippen molar-refractivity contribution >= 4 is 39.1 Å². The van der Waals surface area contributed by atoms with Gasteiger partial charge in [0.1, 0.15) is 12.6 Å². The number of carbonyl (C=O) groups excluding carboxylic acids is 2. The quantitative estimate of drug-likeness (QED) is 0.303. The minimum absolute atomic E-state index is 0.0511. The fourth-order valence-corrected chi connectivity index (χ4v) is 5.83. The molecule has 3 aromatic carbocycles. The van der Waals surface area contributed by atoms with E-state index in [4.69, 9.17) is 11.6 Å². The Morgan fingerprint density at radius 1 is 0.897 bits per heavy atom. The second-order valence-electron chi connectivity index (χ2n) is 9.37. The van der Waals surface area contributed by atoms with Crippen molar-refractivity contribution in [2.75, 3.05) is 17.4 Å². The van der Waals surface area contributed by atoms with Crippen LogP contribution in [0.4, 0.5) is 5.69 Å². The Bertz CT molecular complexity index is 1340. The molecule has 0 unspecified atom stereocenters. The molecule has 0 radical (unpaired) electrons. The van der Waals surface area contributed by atoms with Crippen molar-refractivity contribution in [3.63, 3.8) is 0 Å². The number of nitrogens with one attached hydrogen (secondary N) is 1. The highest BCUT2D eigenvalue weighted by atomic mass is 35.5. The summed E-state index contributed by atoms with van der Waals surface area (Å²) in [4.78, 5) is 28.8. The van der Waals surface area contributed by atoms with Gasteiger partial charge >= 0.3 is 0 Å². The molecule has 3 rings (SSSR count). The number of hydrogen-bond acceptors (Lipinski definition) is 4. The van der Waals surface area contributed by atoms with E-state index in [0.717, 1.165) is 16.3 Å². The van der Waals surface area contributed by atoms with Gasteiger partial charge in [0.2, 0.25) is 11.8 Å². The van der Waals surface area contributed by atoms with E-state index in [0.29, 0.717) is 17.9 Å². The molecule has 7 nitrogen and oxygen atoms in total. The Kier molecular flexibility index (Phi) is 10.9. The first-order valence-electron chi connectivity index (χ1n) is 13.1. The smallest absolute Gasteiger partial charge is 0.264 e. The lowest BCUT2D eigenvalue weighted by Gasteiger charge is -2.33. The zero-order chi connectivity index (χ0) is 28.4. The largest absolute Gasteiger partial charge is 0.352 e. The lowest BCUT2D eigenvalue weighted by molar-refractivity contribution is -0.139. The van der Waals surface area contributed by atoms with E-state index in [1.807, 2.05) is 51.1 Å². The number of benzene rings is 3. The van der Waals surface area contributed by atoms with Crippen molar-refractivity contribution in [2.24, 2.45) is 0 Å². The number of nitrogens with zero attached hydrogens (tertiary/aromatic N) is 2. The Hall–Kier alpha value is -3.36. The summed E-state index contributed by atoms with van der Waals surface area (Å²) in [5.41, 5.74) is 1.27. The predicted octanol–water partition coefficient (Wildman–Crippen LogP) is 5.30. The van der Waals surface area contributed by atoms with E-state index in [2.05, 4.69) is 5.32 Å². The van der Waals surface area contributed by atoms with E-state index in [9.17, 15) is 18.0 Å². The maximum atomic E-state index is 14.0. The van der Waals surface area contributed by atoms with Crippen molar-refractivity contribution < 1.29 is 18.0 Å². The lowest BCUT2D eigenvalue weighted by atomic mass is 10.1. The van der Waals surface area contributed by atoms with E-state index in [1.165, 1.54) is 23.1 Å². The number of halogens is 1. The van der Waals surface area contributed by atoms with E-state index in [-0.39, 0.29) is 29.1 Å². The van der Waals surface area contributed by atoms with E-state index >= 15 is 0 Å². The molecule has 9 heteroatoms. The Labute approximate surface area is 236 Å². The standard InChI is InChI=1S/C30H36ClN3O4S/c1-4-23(3)32-30(36)28(5-2)33(20-19-24-13-8-6-9-14-24)29(35)22-34(26-16-12-15-25(31)21-26)39(37,38)27-17-10-7-11-18-27/h6-18,21,23,28H,4-5,19-20,22H2,1-3H3,(H,32,36)/t23-,28-/m0/s1. The van der Waals surface area contributed by atoms with Gasteiger partial charge in [0.05, 0.1) is 10.6 Å². The number of sulfonamides is 1. The van der Waals surface area contributed by atoms with E-state index in [1.54, 1.807) is 36.4 Å². The molecule has 2 atom stereocenters. The van der Waals surface area contributed by atoms with Gasteiger partial charge in [-0.05, 0) is 62.1 Å². The summed E-state index contributed by atoms with van der Waals surface area (Å²) in [6.45, 7) is 5.50. The topological polar surface area (TPSA) is 86.8 Å². The monoisotopic (exact) mass is 569 g/mol. The van der Waals surface area contributed by atoms with Crippen LogP contribution in [0.2, 0.25) is 5.02 Å². The molecule has 0 heterocycles. The molecular weight excluding hydrogens is 534 g/mol. The molecular formula is C30H36ClN3O4S. The van der Waals surface area contributed by atoms with Crippen molar-refractivity contribution in [3.8, 4) is 0 Å². The van der Waals surface area contributed by atoms with Crippen LogP contribution in [0.5, 0.6) is 0 Å². The molecule has 1 N–H and O–H groups in total. The molecule has 0 saturated heterocycles. The zero-order valence-corrected chi connectivity index (χ0v) is 24.2. The minimum Gasteiger partial charge on any atom is -0.352 e. The average Bonchev–Trinajstić information content (AvgIpc) is 2.94. The van der Waals surface area contributed by atoms with Crippen molar-refractivity contribution in [1.29, 1.82) is 0 Å². The Morgan fingerprint density at radius 2 is 1.54 bits per heavy atom. The third-order valence-electron chi connectivity index (χ3n) is 6.58. The number of anilines is 1. The summed E-state index contributed by atoms with van der Waals surface area (Å²) in [6.07, 6.45) is 1.64. The van der Waals surface area contributed by atoms with Crippen LogP contribution in [0.3, 0.4) is 0 Å². The summed E-state index contributed by atoms with van der Waals surface area (Å²) in [6, 6.07) is 23.2.